The molecule has 0 aliphatic rings. The fourth-order valence-electron chi connectivity index (χ4n) is 2.23. The van der Waals surface area contributed by atoms with Gasteiger partial charge in [0, 0.05) is 5.56 Å². The zero-order valence-corrected chi connectivity index (χ0v) is 13.6. The Kier molecular flexibility index (Phi) is 4.72. The molecule has 1 heterocycles. The molecule has 0 fully saturated rings. The van der Waals surface area contributed by atoms with E-state index < -0.39 is 5.97 Å². The van der Waals surface area contributed by atoms with Gasteiger partial charge in [-0.05, 0) is 17.7 Å². The van der Waals surface area contributed by atoms with E-state index in [1.54, 1.807) is 18.2 Å². The van der Waals surface area contributed by atoms with Crippen LogP contribution in [0, 0.1) is 0 Å². The minimum atomic E-state index is -0.718. The van der Waals surface area contributed by atoms with Gasteiger partial charge >= 0.3 is 5.97 Å². The van der Waals surface area contributed by atoms with Crippen molar-refractivity contribution >= 4 is 33.2 Å². The number of methoxy groups -OCH3 is 1. The number of rotatable bonds is 5. The quantitative estimate of drug-likeness (QED) is 0.333. The van der Waals surface area contributed by atoms with Gasteiger partial charge in [-0.1, -0.05) is 52.9 Å². The van der Waals surface area contributed by atoms with Gasteiger partial charge in [0.1, 0.15) is 6.61 Å². The molecule has 1 aromatic heterocycles. The molecule has 122 valence electrons. The summed E-state index contributed by atoms with van der Waals surface area (Å²) in [5, 5.41) is 12.7. The lowest BCUT2D eigenvalue weighted by Gasteiger charge is -2.09. The lowest BCUT2D eigenvalue weighted by molar-refractivity contribution is -0.132. The monoisotopic (exact) mass is 342 g/mol. The minimum absolute atomic E-state index is 0.166. The van der Waals surface area contributed by atoms with E-state index in [1.165, 1.54) is 18.4 Å². The van der Waals surface area contributed by atoms with Gasteiger partial charge in [-0.25, -0.2) is 9.78 Å². The third-order valence-electron chi connectivity index (χ3n) is 3.38. The maximum atomic E-state index is 11.7. The van der Waals surface area contributed by atoms with Gasteiger partial charge in [-0.2, -0.15) is 0 Å². The van der Waals surface area contributed by atoms with Crippen molar-refractivity contribution in [2.24, 2.45) is 5.16 Å². The number of esters is 1. The van der Waals surface area contributed by atoms with E-state index in [0.29, 0.717) is 16.3 Å². The second-order valence-electron chi connectivity index (χ2n) is 4.83. The maximum Gasteiger partial charge on any atom is 0.360 e. The molecular weight excluding hydrogens is 328 g/mol. The molecule has 0 saturated carbocycles. The number of hydrogen-bond acceptors (Lipinski definition) is 7. The Hall–Kier alpha value is -2.93. The van der Waals surface area contributed by atoms with Crippen molar-refractivity contribution < 1.29 is 19.5 Å². The predicted octanol–water partition coefficient (Wildman–Crippen LogP) is 3.23. The second kappa shape index (κ2) is 7.10. The maximum absolute atomic E-state index is 11.7. The van der Waals surface area contributed by atoms with Crippen LogP contribution in [0.2, 0.25) is 0 Å². The third-order valence-corrected chi connectivity index (χ3v) is 4.33. The highest BCUT2D eigenvalue weighted by Crippen LogP contribution is 2.28. The van der Waals surface area contributed by atoms with E-state index in [-0.39, 0.29) is 12.3 Å². The van der Waals surface area contributed by atoms with E-state index in [4.69, 9.17) is 9.94 Å². The van der Waals surface area contributed by atoms with Gasteiger partial charge < -0.3 is 14.7 Å². The van der Waals surface area contributed by atoms with Crippen LogP contribution in [0.1, 0.15) is 11.1 Å². The summed E-state index contributed by atoms with van der Waals surface area (Å²) >= 11 is 1.44. The SMILES string of the molecule is COC(=O)/C(=N\O)c1ccccc1COc1nc2ccccc2s1. The summed E-state index contributed by atoms with van der Waals surface area (Å²) in [4.78, 5) is 16.1. The van der Waals surface area contributed by atoms with E-state index in [9.17, 15) is 4.79 Å². The molecule has 7 heteroatoms. The Balaban J connectivity index is 1.84. The highest BCUT2D eigenvalue weighted by molar-refractivity contribution is 7.20. The lowest BCUT2D eigenvalue weighted by atomic mass is 10.0. The van der Waals surface area contributed by atoms with Crippen molar-refractivity contribution in [2.45, 2.75) is 6.61 Å². The topological polar surface area (TPSA) is 81.0 Å². The van der Waals surface area contributed by atoms with E-state index in [1.807, 2.05) is 30.3 Å². The molecule has 0 saturated heterocycles. The van der Waals surface area contributed by atoms with Gasteiger partial charge in [0.15, 0.2) is 5.71 Å². The van der Waals surface area contributed by atoms with E-state index in [2.05, 4.69) is 14.9 Å². The van der Waals surface area contributed by atoms with Gasteiger partial charge in [-0.15, -0.1) is 0 Å². The fraction of sp³-hybridized carbons (Fsp3) is 0.118. The Bertz CT molecular complexity index is 871. The Morgan fingerprint density at radius 1 is 1.21 bits per heavy atom. The molecule has 0 amide bonds. The van der Waals surface area contributed by atoms with Crippen LogP contribution in [-0.4, -0.2) is 29.0 Å². The number of para-hydroxylation sites is 1. The lowest BCUT2D eigenvalue weighted by Crippen LogP contribution is -2.19. The first-order chi connectivity index (χ1) is 11.7. The first kappa shape index (κ1) is 15.9. The molecule has 0 aliphatic heterocycles. The predicted molar refractivity (Wildman–Crippen MR) is 90.7 cm³/mol. The van der Waals surface area contributed by atoms with E-state index in [0.717, 1.165) is 10.2 Å². The molecule has 0 aliphatic carbocycles. The summed E-state index contributed by atoms with van der Waals surface area (Å²) in [6.45, 7) is 0.187. The molecule has 6 nitrogen and oxygen atoms in total. The molecule has 3 aromatic rings. The van der Waals surface area contributed by atoms with Crippen LogP contribution in [-0.2, 0) is 16.1 Å². The number of nitrogens with zero attached hydrogens (tertiary/aromatic N) is 2. The number of thiazole rings is 1. The van der Waals surface area contributed by atoms with Crippen LogP contribution in [0.4, 0.5) is 0 Å². The van der Waals surface area contributed by atoms with Gasteiger partial charge in [0.25, 0.3) is 5.19 Å². The molecule has 0 atom stereocenters. The first-order valence-electron chi connectivity index (χ1n) is 7.10. The zero-order valence-electron chi connectivity index (χ0n) is 12.8. The molecule has 0 spiro atoms. The molecule has 0 unspecified atom stereocenters. The van der Waals surface area contributed by atoms with Crippen LogP contribution >= 0.6 is 11.3 Å². The fourth-order valence-corrected chi connectivity index (χ4v) is 3.05. The molecular formula is C17H14N2O4S. The number of oxime groups is 1. The Morgan fingerprint density at radius 2 is 1.96 bits per heavy atom. The second-order valence-corrected chi connectivity index (χ2v) is 5.83. The molecule has 2 aromatic carbocycles. The van der Waals surface area contributed by atoms with Crippen LogP contribution in [0.5, 0.6) is 5.19 Å². The highest BCUT2D eigenvalue weighted by Gasteiger charge is 2.19. The number of hydrogen-bond donors (Lipinski definition) is 1. The number of fused-ring (bicyclic) bond motifs is 1. The highest BCUT2D eigenvalue weighted by atomic mass is 32.1. The van der Waals surface area contributed by atoms with Crippen LogP contribution < -0.4 is 4.74 Å². The molecule has 0 radical (unpaired) electrons. The first-order valence-corrected chi connectivity index (χ1v) is 7.91. The van der Waals surface area contributed by atoms with Crippen molar-refractivity contribution in [1.82, 2.24) is 4.98 Å². The van der Waals surface area contributed by atoms with Crippen molar-refractivity contribution in [3.63, 3.8) is 0 Å². The largest absolute Gasteiger partial charge is 0.465 e. The molecule has 3 rings (SSSR count). The summed E-state index contributed by atoms with van der Waals surface area (Å²) in [5.74, 6) is -0.718. The molecule has 0 bridgehead atoms. The summed E-state index contributed by atoms with van der Waals surface area (Å²) in [6, 6.07) is 14.8. The number of benzene rings is 2. The Labute approximate surface area is 142 Å². The van der Waals surface area contributed by atoms with Gasteiger partial charge in [0.2, 0.25) is 0 Å². The van der Waals surface area contributed by atoms with Gasteiger partial charge in [0.05, 0.1) is 17.3 Å². The average molecular weight is 342 g/mol. The average Bonchev–Trinajstić information content (AvgIpc) is 3.04. The summed E-state index contributed by atoms with van der Waals surface area (Å²) in [5.41, 5.74) is 1.85. The van der Waals surface area contributed by atoms with Crippen molar-refractivity contribution in [2.75, 3.05) is 7.11 Å². The summed E-state index contributed by atoms with van der Waals surface area (Å²) in [6.07, 6.45) is 0. The minimum Gasteiger partial charge on any atom is -0.465 e. The number of carbonyl (C=O) groups is 1. The van der Waals surface area contributed by atoms with Gasteiger partial charge in [-0.3, -0.25) is 0 Å². The summed E-state index contributed by atoms with van der Waals surface area (Å²) < 4.78 is 11.4. The zero-order chi connectivity index (χ0) is 16.9. The standard InChI is InChI=1S/C17H14N2O4S/c1-22-16(20)15(19-21)12-7-3-2-6-11(12)10-23-17-18-13-8-4-5-9-14(13)24-17/h2-9,21H,10H2,1H3/b19-15-. The molecule has 24 heavy (non-hydrogen) atoms. The number of ether oxygens (including phenoxy) is 2. The Morgan fingerprint density at radius 3 is 2.71 bits per heavy atom. The van der Waals surface area contributed by atoms with Crippen molar-refractivity contribution in [1.29, 1.82) is 0 Å². The van der Waals surface area contributed by atoms with Crippen molar-refractivity contribution in [3.05, 3.63) is 59.7 Å². The molecule has 1 N–H and O–H groups in total. The van der Waals surface area contributed by atoms with Crippen molar-refractivity contribution in [3.8, 4) is 5.19 Å². The third kappa shape index (κ3) is 3.21. The van der Waals surface area contributed by atoms with Crippen LogP contribution in [0.3, 0.4) is 0 Å². The van der Waals surface area contributed by atoms with Crippen LogP contribution in [0.15, 0.2) is 53.7 Å². The summed E-state index contributed by atoms with van der Waals surface area (Å²) in [7, 11) is 1.23. The normalized spacial score (nSPS) is 11.5. The smallest absolute Gasteiger partial charge is 0.360 e. The van der Waals surface area contributed by atoms with E-state index >= 15 is 0 Å². The van der Waals surface area contributed by atoms with Crippen LogP contribution in [0.25, 0.3) is 10.2 Å². The number of carbonyl (C=O) groups excluding carboxylic acids is 1. The number of aromatic nitrogens is 1.